The highest BCUT2D eigenvalue weighted by Crippen LogP contribution is 2.12. The van der Waals surface area contributed by atoms with Crippen molar-refractivity contribution in [2.24, 2.45) is 5.73 Å². The highest BCUT2D eigenvalue weighted by atomic mass is 32.1. The van der Waals surface area contributed by atoms with Gasteiger partial charge in [0.2, 0.25) is 5.91 Å². The molecule has 0 bridgehead atoms. The molecule has 5 nitrogen and oxygen atoms in total. The van der Waals surface area contributed by atoms with Gasteiger partial charge in [-0.2, -0.15) is 0 Å². The van der Waals surface area contributed by atoms with Gasteiger partial charge < -0.3 is 10.6 Å². The standard InChI is InChI=1S/C7H10N4OS/c8-5-1-7(12)11(2-5)3-6-4-13-10-9-6/h4-5H,1-3,8H2. The van der Waals surface area contributed by atoms with Crippen LogP contribution in [-0.4, -0.2) is 33.0 Å². The Morgan fingerprint density at radius 1 is 1.77 bits per heavy atom. The van der Waals surface area contributed by atoms with Crippen molar-refractivity contribution in [3.05, 3.63) is 11.1 Å². The number of carbonyl (C=O) groups is 1. The summed E-state index contributed by atoms with van der Waals surface area (Å²) in [7, 11) is 0. The summed E-state index contributed by atoms with van der Waals surface area (Å²) in [6.07, 6.45) is 0.456. The van der Waals surface area contributed by atoms with Crippen LogP contribution < -0.4 is 5.73 Å². The molecule has 1 aliphatic heterocycles. The van der Waals surface area contributed by atoms with Gasteiger partial charge in [-0.15, -0.1) is 5.10 Å². The lowest BCUT2D eigenvalue weighted by molar-refractivity contribution is -0.128. The van der Waals surface area contributed by atoms with Gasteiger partial charge in [0.25, 0.3) is 0 Å². The zero-order valence-electron chi connectivity index (χ0n) is 7.01. The fourth-order valence-corrected chi connectivity index (χ4v) is 1.85. The molecule has 13 heavy (non-hydrogen) atoms. The summed E-state index contributed by atoms with van der Waals surface area (Å²) in [6, 6.07) is -0.0147. The number of carbonyl (C=O) groups excluding carboxylic acids is 1. The van der Waals surface area contributed by atoms with E-state index in [0.29, 0.717) is 19.5 Å². The van der Waals surface area contributed by atoms with E-state index in [1.165, 1.54) is 11.5 Å². The monoisotopic (exact) mass is 198 g/mol. The number of likely N-dealkylation sites (tertiary alicyclic amines) is 1. The molecule has 1 aliphatic rings. The van der Waals surface area contributed by atoms with Crippen molar-refractivity contribution in [1.29, 1.82) is 0 Å². The predicted molar refractivity (Wildman–Crippen MR) is 47.9 cm³/mol. The molecule has 1 atom stereocenters. The molecule has 2 N–H and O–H groups in total. The molecular formula is C7H10N4OS. The predicted octanol–water partition coefficient (Wildman–Crippen LogP) is -0.402. The van der Waals surface area contributed by atoms with Crippen LogP contribution in [0, 0.1) is 0 Å². The first-order chi connectivity index (χ1) is 6.25. The summed E-state index contributed by atoms with van der Waals surface area (Å²) >= 11 is 1.29. The topological polar surface area (TPSA) is 72.1 Å². The molecular weight excluding hydrogens is 188 g/mol. The van der Waals surface area contributed by atoms with Crippen molar-refractivity contribution >= 4 is 17.4 Å². The van der Waals surface area contributed by atoms with Crippen LogP contribution in [0.5, 0.6) is 0 Å². The van der Waals surface area contributed by atoms with E-state index >= 15 is 0 Å². The molecule has 2 rings (SSSR count). The fourth-order valence-electron chi connectivity index (χ4n) is 1.40. The zero-order valence-corrected chi connectivity index (χ0v) is 7.83. The van der Waals surface area contributed by atoms with Crippen LogP contribution in [-0.2, 0) is 11.3 Å². The first-order valence-corrected chi connectivity index (χ1v) is 4.88. The molecule has 1 unspecified atom stereocenters. The maximum absolute atomic E-state index is 11.3. The molecule has 70 valence electrons. The SMILES string of the molecule is NC1CC(=O)N(Cc2csnn2)C1. The van der Waals surface area contributed by atoms with Gasteiger partial charge in [0.1, 0.15) is 0 Å². The van der Waals surface area contributed by atoms with Crippen molar-refractivity contribution in [2.45, 2.75) is 19.0 Å². The molecule has 2 heterocycles. The lowest BCUT2D eigenvalue weighted by Crippen LogP contribution is -2.27. The lowest BCUT2D eigenvalue weighted by Gasteiger charge is -2.13. The Morgan fingerprint density at radius 2 is 2.62 bits per heavy atom. The van der Waals surface area contributed by atoms with Crippen LogP contribution in [0.4, 0.5) is 0 Å². The quantitative estimate of drug-likeness (QED) is 0.701. The summed E-state index contributed by atoms with van der Waals surface area (Å²) < 4.78 is 3.73. The van der Waals surface area contributed by atoms with Gasteiger partial charge in [-0.3, -0.25) is 4.79 Å². The second kappa shape index (κ2) is 3.39. The van der Waals surface area contributed by atoms with Gasteiger partial charge in [0, 0.05) is 24.4 Å². The van der Waals surface area contributed by atoms with Gasteiger partial charge in [-0.25, -0.2) is 0 Å². The number of rotatable bonds is 2. The normalized spacial score (nSPS) is 22.7. The molecule has 1 aromatic rings. The van der Waals surface area contributed by atoms with Crippen molar-refractivity contribution < 1.29 is 4.79 Å². The highest BCUT2D eigenvalue weighted by Gasteiger charge is 2.27. The van der Waals surface area contributed by atoms with Gasteiger partial charge in [-0.05, 0) is 11.5 Å². The second-order valence-corrected chi connectivity index (χ2v) is 3.74. The summed E-state index contributed by atoms with van der Waals surface area (Å²) in [6.45, 7) is 1.18. The van der Waals surface area contributed by atoms with Crippen molar-refractivity contribution in [3.63, 3.8) is 0 Å². The number of amides is 1. The van der Waals surface area contributed by atoms with E-state index in [1.807, 2.05) is 5.38 Å². The summed E-state index contributed by atoms with van der Waals surface area (Å²) in [5, 5.41) is 5.72. The third-order valence-electron chi connectivity index (χ3n) is 2.00. The van der Waals surface area contributed by atoms with Crippen molar-refractivity contribution in [3.8, 4) is 0 Å². The van der Waals surface area contributed by atoms with E-state index in [-0.39, 0.29) is 11.9 Å². The van der Waals surface area contributed by atoms with Gasteiger partial charge in [0.05, 0.1) is 12.2 Å². The van der Waals surface area contributed by atoms with Crippen molar-refractivity contribution in [2.75, 3.05) is 6.54 Å². The van der Waals surface area contributed by atoms with Crippen LogP contribution >= 0.6 is 11.5 Å². The number of hydrogen-bond donors (Lipinski definition) is 1. The van der Waals surface area contributed by atoms with Crippen LogP contribution in [0.25, 0.3) is 0 Å². The average molecular weight is 198 g/mol. The Kier molecular flexibility index (Phi) is 2.24. The molecule has 0 aromatic carbocycles. The molecule has 0 aliphatic carbocycles. The largest absolute Gasteiger partial charge is 0.335 e. The van der Waals surface area contributed by atoms with E-state index in [1.54, 1.807) is 4.90 Å². The summed E-state index contributed by atoms with van der Waals surface area (Å²) in [5.74, 6) is 0.112. The minimum Gasteiger partial charge on any atom is -0.335 e. The molecule has 0 spiro atoms. The zero-order chi connectivity index (χ0) is 9.26. The Hall–Kier alpha value is -1.01. The minimum absolute atomic E-state index is 0.0147. The molecule has 1 fully saturated rings. The lowest BCUT2D eigenvalue weighted by atomic mass is 10.3. The molecule has 6 heteroatoms. The van der Waals surface area contributed by atoms with Gasteiger partial charge in [-0.1, -0.05) is 4.49 Å². The minimum atomic E-state index is -0.0147. The number of nitrogens with two attached hydrogens (primary N) is 1. The van der Waals surface area contributed by atoms with E-state index < -0.39 is 0 Å². The molecule has 1 saturated heterocycles. The Morgan fingerprint density at radius 3 is 3.15 bits per heavy atom. The van der Waals surface area contributed by atoms with E-state index in [4.69, 9.17) is 5.73 Å². The van der Waals surface area contributed by atoms with Gasteiger partial charge in [0.15, 0.2) is 0 Å². The second-order valence-electron chi connectivity index (χ2n) is 3.13. The summed E-state index contributed by atoms with van der Waals surface area (Å²) in [5.41, 5.74) is 6.49. The molecule has 1 amide bonds. The Balaban J connectivity index is 1.99. The van der Waals surface area contributed by atoms with E-state index in [0.717, 1.165) is 5.69 Å². The average Bonchev–Trinajstić information content (AvgIpc) is 2.63. The van der Waals surface area contributed by atoms with Crippen LogP contribution in [0.3, 0.4) is 0 Å². The number of hydrogen-bond acceptors (Lipinski definition) is 5. The van der Waals surface area contributed by atoms with Crippen LogP contribution in [0.15, 0.2) is 5.38 Å². The number of aromatic nitrogens is 2. The fraction of sp³-hybridized carbons (Fsp3) is 0.571. The number of nitrogens with zero attached hydrogens (tertiary/aromatic N) is 3. The molecule has 0 saturated carbocycles. The van der Waals surface area contributed by atoms with Crippen LogP contribution in [0.1, 0.15) is 12.1 Å². The maximum Gasteiger partial charge on any atom is 0.224 e. The Labute approximate surface area is 79.7 Å². The molecule has 1 aromatic heterocycles. The van der Waals surface area contributed by atoms with E-state index in [9.17, 15) is 4.79 Å². The third-order valence-corrected chi connectivity index (χ3v) is 2.56. The Bertz CT molecular complexity index is 299. The van der Waals surface area contributed by atoms with E-state index in [2.05, 4.69) is 9.59 Å². The third kappa shape index (κ3) is 1.84. The molecule has 0 radical (unpaired) electrons. The first-order valence-electron chi connectivity index (χ1n) is 4.05. The highest BCUT2D eigenvalue weighted by molar-refractivity contribution is 7.03. The first kappa shape index (κ1) is 8.58. The maximum atomic E-state index is 11.3. The summed E-state index contributed by atoms with van der Waals surface area (Å²) in [4.78, 5) is 13.0. The van der Waals surface area contributed by atoms with Crippen LogP contribution in [0.2, 0.25) is 0 Å². The van der Waals surface area contributed by atoms with Gasteiger partial charge >= 0.3 is 0 Å². The van der Waals surface area contributed by atoms with Crippen molar-refractivity contribution in [1.82, 2.24) is 14.5 Å². The smallest absolute Gasteiger partial charge is 0.224 e.